The SMILES string of the molecule is COc1ccc(-c2cnc(N3C4CCN(c5ccc(C(F)(F)F)nc5)C[C@H]4N[C@@H]4CCCC[C@H]43)o2)cc1C#N. The minimum atomic E-state index is -4.45. The molecule has 1 aromatic carbocycles. The molecule has 8 nitrogen and oxygen atoms in total. The molecule has 0 spiro atoms. The second-order valence-electron chi connectivity index (χ2n) is 10.4. The van der Waals surface area contributed by atoms with Gasteiger partial charge >= 0.3 is 6.18 Å². The molecular weight excluding hydrogens is 509 g/mol. The molecule has 4 atom stereocenters. The molecule has 2 aromatic heterocycles. The molecule has 1 aliphatic carbocycles. The third-order valence-corrected chi connectivity index (χ3v) is 8.17. The highest BCUT2D eigenvalue weighted by Crippen LogP contribution is 2.39. The number of piperazine rings is 1. The number of fused-ring (bicyclic) bond motifs is 2. The van der Waals surface area contributed by atoms with E-state index in [0.29, 0.717) is 41.9 Å². The monoisotopic (exact) mass is 538 g/mol. The summed E-state index contributed by atoms with van der Waals surface area (Å²) in [7, 11) is 1.53. The molecule has 3 fully saturated rings. The third kappa shape index (κ3) is 4.78. The Morgan fingerprint density at radius 3 is 2.62 bits per heavy atom. The zero-order valence-corrected chi connectivity index (χ0v) is 21.5. The maximum Gasteiger partial charge on any atom is 0.433 e. The van der Waals surface area contributed by atoms with E-state index < -0.39 is 11.9 Å². The lowest BCUT2D eigenvalue weighted by Gasteiger charge is -2.55. The largest absolute Gasteiger partial charge is 0.495 e. The molecule has 3 aromatic rings. The number of oxazole rings is 1. The van der Waals surface area contributed by atoms with Gasteiger partial charge in [0.05, 0.1) is 36.8 Å². The predicted octanol–water partition coefficient (Wildman–Crippen LogP) is 5.00. The fourth-order valence-electron chi connectivity index (χ4n) is 6.32. The third-order valence-electron chi connectivity index (χ3n) is 8.17. The number of methoxy groups -OCH3 is 1. The zero-order chi connectivity index (χ0) is 27.1. The van der Waals surface area contributed by atoms with Gasteiger partial charge in [0.25, 0.3) is 6.01 Å². The molecule has 6 rings (SSSR count). The average molecular weight is 539 g/mol. The molecule has 1 unspecified atom stereocenters. The highest BCUT2D eigenvalue weighted by atomic mass is 19.4. The number of pyridine rings is 1. The number of nitriles is 1. The summed E-state index contributed by atoms with van der Waals surface area (Å²) in [6, 6.07) is 11.3. The van der Waals surface area contributed by atoms with Crippen molar-refractivity contribution in [3.05, 3.63) is 54.0 Å². The van der Waals surface area contributed by atoms with Crippen molar-refractivity contribution in [2.75, 3.05) is 30.0 Å². The highest BCUT2D eigenvalue weighted by Gasteiger charge is 2.47. The fourth-order valence-corrected chi connectivity index (χ4v) is 6.32. The Morgan fingerprint density at radius 1 is 1.05 bits per heavy atom. The van der Waals surface area contributed by atoms with Crippen molar-refractivity contribution in [1.82, 2.24) is 15.3 Å². The van der Waals surface area contributed by atoms with Crippen molar-refractivity contribution < 1.29 is 22.3 Å². The maximum absolute atomic E-state index is 13.0. The molecule has 3 aliphatic rings. The van der Waals surface area contributed by atoms with Crippen LogP contribution in [-0.4, -0.2) is 54.3 Å². The standard InChI is InChI=1S/C28H29F3N6O2/c1-38-24-8-6-17(12-18(24)13-32)25-15-34-27(39-25)37-22-5-3-2-4-20(22)35-21-16-36(11-10-23(21)37)19-7-9-26(33-14-19)28(29,30)31/h6-9,12,14-15,20-23,35H,2-5,10-11,16H2,1H3/t20-,21-,22-,23?/m1/s1. The number of hydrogen-bond donors (Lipinski definition) is 1. The second kappa shape index (κ2) is 10.1. The van der Waals surface area contributed by atoms with Crippen molar-refractivity contribution in [1.29, 1.82) is 5.26 Å². The van der Waals surface area contributed by atoms with Gasteiger partial charge in [0.1, 0.15) is 17.5 Å². The zero-order valence-electron chi connectivity index (χ0n) is 21.5. The molecule has 1 N–H and O–H groups in total. The van der Waals surface area contributed by atoms with E-state index in [9.17, 15) is 18.4 Å². The number of nitrogens with zero attached hydrogens (tertiary/aromatic N) is 5. The number of piperidine rings is 1. The Balaban J connectivity index is 1.26. The molecule has 2 aliphatic heterocycles. The number of alkyl halides is 3. The van der Waals surface area contributed by atoms with E-state index in [2.05, 4.69) is 26.2 Å². The van der Waals surface area contributed by atoms with Crippen LogP contribution in [0.3, 0.4) is 0 Å². The van der Waals surface area contributed by atoms with Crippen LogP contribution in [0.25, 0.3) is 11.3 Å². The fraction of sp³-hybridized carbons (Fsp3) is 0.464. The Morgan fingerprint density at radius 2 is 1.87 bits per heavy atom. The lowest BCUT2D eigenvalue weighted by atomic mass is 9.82. The van der Waals surface area contributed by atoms with Gasteiger partial charge in [0.2, 0.25) is 0 Å². The summed E-state index contributed by atoms with van der Waals surface area (Å²) in [5.41, 5.74) is 0.980. The predicted molar refractivity (Wildman–Crippen MR) is 139 cm³/mol. The second-order valence-corrected chi connectivity index (χ2v) is 10.4. The molecule has 4 heterocycles. The lowest BCUT2D eigenvalue weighted by Crippen LogP contribution is -2.72. The van der Waals surface area contributed by atoms with Crippen LogP contribution in [0, 0.1) is 11.3 Å². The number of halogens is 3. The normalized spacial score (nSPS) is 25.0. The van der Waals surface area contributed by atoms with Gasteiger partial charge in [0, 0.05) is 36.8 Å². The summed E-state index contributed by atoms with van der Waals surface area (Å²) >= 11 is 0. The maximum atomic E-state index is 13.0. The summed E-state index contributed by atoms with van der Waals surface area (Å²) in [6.45, 7) is 1.33. The summed E-state index contributed by atoms with van der Waals surface area (Å²) in [4.78, 5) is 12.8. The van der Waals surface area contributed by atoms with Crippen LogP contribution in [-0.2, 0) is 6.18 Å². The minimum absolute atomic E-state index is 0.0851. The summed E-state index contributed by atoms with van der Waals surface area (Å²) in [5, 5.41) is 13.3. The van der Waals surface area contributed by atoms with Crippen LogP contribution < -0.4 is 19.9 Å². The first kappa shape index (κ1) is 25.5. The number of ether oxygens (including phenoxy) is 1. The van der Waals surface area contributed by atoms with Crippen LogP contribution in [0.5, 0.6) is 5.75 Å². The number of aromatic nitrogens is 2. The summed E-state index contributed by atoms with van der Waals surface area (Å²) in [6.07, 6.45) is 3.72. The van der Waals surface area contributed by atoms with E-state index in [1.54, 1.807) is 18.3 Å². The van der Waals surface area contributed by atoms with Gasteiger partial charge in [-0.15, -0.1) is 0 Å². The quantitative estimate of drug-likeness (QED) is 0.496. The van der Waals surface area contributed by atoms with Crippen LogP contribution in [0.2, 0.25) is 0 Å². The highest BCUT2D eigenvalue weighted by molar-refractivity contribution is 5.63. The molecule has 0 bridgehead atoms. The van der Waals surface area contributed by atoms with Gasteiger partial charge in [-0.1, -0.05) is 12.8 Å². The molecule has 0 radical (unpaired) electrons. The van der Waals surface area contributed by atoms with E-state index in [-0.39, 0.29) is 24.2 Å². The van der Waals surface area contributed by atoms with Crippen LogP contribution >= 0.6 is 0 Å². The molecule has 0 amide bonds. The van der Waals surface area contributed by atoms with Crippen LogP contribution in [0.1, 0.15) is 43.4 Å². The van der Waals surface area contributed by atoms with E-state index in [0.717, 1.165) is 43.7 Å². The van der Waals surface area contributed by atoms with Crippen molar-refractivity contribution in [3.8, 4) is 23.1 Å². The first-order valence-corrected chi connectivity index (χ1v) is 13.2. The van der Waals surface area contributed by atoms with Gasteiger partial charge in [-0.2, -0.15) is 18.4 Å². The van der Waals surface area contributed by atoms with Gasteiger partial charge in [0.15, 0.2) is 5.76 Å². The van der Waals surface area contributed by atoms with Crippen LogP contribution in [0.4, 0.5) is 24.9 Å². The number of rotatable bonds is 4. The van der Waals surface area contributed by atoms with Crippen molar-refractivity contribution >= 4 is 11.7 Å². The molecular formula is C28H29F3N6O2. The molecule has 204 valence electrons. The van der Waals surface area contributed by atoms with E-state index in [4.69, 9.17) is 14.1 Å². The topological polar surface area (TPSA) is 90.4 Å². The number of nitrogens with one attached hydrogen (secondary N) is 1. The Kier molecular flexibility index (Phi) is 6.59. The first-order chi connectivity index (χ1) is 18.9. The Bertz CT molecular complexity index is 1370. The number of benzene rings is 1. The van der Waals surface area contributed by atoms with Crippen molar-refractivity contribution in [2.45, 2.75) is 62.4 Å². The van der Waals surface area contributed by atoms with E-state index in [1.165, 1.54) is 19.4 Å². The van der Waals surface area contributed by atoms with Gasteiger partial charge < -0.3 is 24.3 Å². The van der Waals surface area contributed by atoms with Crippen LogP contribution in [0.15, 0.2) is 47.1 Å². The summed E-state index contributed by atoms with van der Waals surface area (Å²) in [5.74, 6) is 1.09. The molecule has 11 heteroatoms. The minimum Gasteiger partial charge on any atom is -0.495 e. The van der Waals surface area contributed by atoms with Crippen molar-refractivity contribution in [3.63, 3.8) is 0 Å². The molecule has 1 saturated carbocycles. The number of hydrogen-bond acceptors (Lipinski definition) is 8. The molecule has 2 saturated heterocycles. The molecule has 39 heavy (non-hydrogen) atoms. The Hall–Kier alpha value is -3.78. The Labute approximate surface area is 224 Å². The van der Waals surface area contributed by atoms with Crippen molar-refractivity contribution in [2.24, 2.45) is 0 Å². The van der Waals surface area contributed by atoms with Gasteiger partial charge in [-0.25, -0.2) is 9.97 Å². The lowest BCUT2D eigenvalue weighted by molar-refractivity contribution is -0.141. The summed E-state index contributed by atoms with van der Waals surface area (Å²) < 4.78 is 50.6. The van der Waals surface area contributed by atoms with E-state index in [1.807, 2.05) is 6.07 Å². The van der Waals surface area contributed by atoms with Gasteiger partial charge in [-0.3, -0.25) is 0 Å². The smallest absolute Gasteiger partial charge is 0.433 e. The van der Waals surface area contributed by atoms with Gasteiger partial charge in [-0.05, 0) is 49.6 Å². The number of anilines is 2. The van der Waals surface area contributed by atoms with E-state index >= 15 is 0 Å². The average Bonchev–Trinajstić information content (AvgIpc) is 3.44. The first-order valence-electron chi connectivity index (χ1n) is 13.2.